The quantitative estimate of drug-likeness (QED) is 0.842. The molecular weight excluding hydrogens is 272 g/mol. The lowest BCUT2D eigenvalue weighted by Crippen LogP contribution is -2.04. The molecule has 0 aliphatic rings. The summed E-state index contributed by atoms with van der Waals surface area (Å²) in [5, 5.41) is 10.6. The Kier molecular flexibility index (Phi) is 5.10. The summed E-state index contributed by atoms with van der Waals surface area (Å²) in [6.45, 7) is 0. The van der Waals surface area contributed by atoms with E-state index < -0.39 is 6.10 Å². The van der Waals surface area contributed by atoms with Gasteiger partial charge in [-0.3, -0.25) is 4.79 Å². The zero-order valence-electron chi connectivity index (χ0n) is 10.9. The van der Waals surface area contributed by atoms with Gasteiger partial charge in [-0.1, -0.05) is 60.1 Å². The first-order valence-corrected chi connectivity index (χ1v) is 6.72. The van der Waals surface area contributed by atoms with Gasteiger partial charge in [0.05, 0.1) is 6.10 Å². The van der Waals surface area contributed by atoms with Crippen molar-refractivity contribution in [3.8, 4) is 0 Å². The molecule has 2 nitrogen and oxygen atoms in total. The maximum atomic E-state index is 11.8. The molecular formula is C17H15ClO2. The van der Waals surface area contributed by atoms with Crippen molar-refractivity contribution >= 4 is 23.5 Å². The molecule has 0 bridgehead atoms. The molecule has 1 N–H and O–H groups in total. The zero-order chi connectivity index (χ0) is 14.4. The summed E-state index contributed by atoms with van der Waals surface area (Å²) < 4.78 is 0. The van der Waals surface area contributed by atoms with E-state index in [2.05, 4.69) is 0 Å². The lowest BCUT2D eigenvalue weighted by molar-refractivity contribution is -0.116. The summed E-state index contributed by atoms with van der Waals surface area (Å²) >= 11 is 5.78. The first kappa shape index (κ1) is 14.5. The average molecular weight is 287 g/mol. The number of rotatable bonds is 5. The summed E-state index contributed by atoms with van der Waals surface area (Å²) in [6.07, 6.45) is 2.50. The number of aliphatic hydroxyl groups excluding tert-OH is 1. The molecule has 0 heterocycles. The van der Waals surface area contributed by atoms with Crippen molar-refractivity contribution in [2.45, 2.75) is 12.5 Å². The highest BCUT2D eigenvalue weighted by atomic mass is 35.5. The summed E-state index contributed by atoms with van der Waals surface area (Å²) in [5.74, 6) is -0.115. The number of benzene rings is 2. The Morgan fingerprint density at radius 3 is 2.40 bits per heavy atom. The van der Waals surface area contributed by atoms with E-state index in [1.165, 1.54) is 6.08 Å². The van der Waals surface area contributed by atoms with Gasteiger partial charge in [-0.25, -0.2) is 0 Å². The molecule has 0 saturated carbocycles. The second-order valence-corrected chi connectivity index (χ2v) is 4.92. The molecule has 20 heavy (non-hydrogen) atoms. The van der Waals surface area contributed by atoms with Crippen LogP contribution in [0, 0.1) is 0 Å². The van der Waals surface area contributed by atoms with E-state index in [0.717, 1.165) is 5.56 Å². The van der Waals surface area contributed by atoms with Crippen molar-refractivity contribution in [3.63, 3.8) is 0 Å². The van der Waals surface area contributed by atoms with Gasteiger partial charge in [0.2, 0.25) is 0 Å². The Bertz CT molecular complexity index is 588. The number of allylic oxidation sites excluding steroid dienone is 1. The highest BCUT2D eigenvalue weighted by Crippen LogP contribution is 2.19. The van der Waals surface area contributed by atoms with Crippen LogP contribution in [0.2, 0.25) is 5.02 Å². The van der Waals surface area contributed by atoms with Crippen LogP contribution in [0.1, 0.15) is 23.7 Å². The van der Waals surface area contributed by atoms with E-state index in [0.29, 0.717) is 10.6 Å². The topological polar surface area (TPSA) is 37.3 Å². The van der Waals surface area contributed by atoms with Gasteiger partial charge in [-0.2, -0.15) is 0 Å². The van der Waals surface area contributed by atoms with Crippen molar-refractivity contribution in [3.05, 3.63) is 76.8 Å². The standard InChI is InChI=1S/C17H15ClO2/c18-15-9-7-14(8-10-15)17(20)12-16(19)11-6-13-4-2-1-3-5-13/h1-11,17,20H,12H2/b11-6+/t17-/m1/s1. The fourth-order valence-corrected chi connectivity index (χ4v) is 1.94. The predicted molar refractivity (Wildman–Crippen MR) is 81.5 cm³/mol. The molecule has 1 atom stereocenters. The normalized spacial score (nSPS) is 12.5. The molecule has 2 rings (SSSR count). The number of ketones is 1. The number of hydrogen-bond donors (Lipinski definition) is 1. The first-order chi connectivity index (χ1) is 9.65. The Morgan fingerprint density at radius 1 is 1.10 bits per heavy atom. The fourth-order valence-electron chi connectivity index (χ4n) is 1.81. The molecule has 0 spiro atoms. The average Bonchev–Trinajstić information content (AvgIpc) is 2.47. The number of hydrogen-bond acceptors (Lipinski definition) is 2. The highest BCUT2D eigenvalue weighted by molar-refractivity contribution is 6.30. The largest absolute Gasteiger partial charge is 0.388 e. The van der Waals surface area contributed by atoms with Crippen LogP contribution in [0.3, 0.4) is 0 Å². The van der Waals surface area contributed by atoms with Gasteiger partial charge < -0.3 is 5.11 Å². The zero-order valence-corrected chi connectivity index (χ0v) is 11.6. The van der Waals surface area contributed by atoms with E-state index in [9.17, 15) is 9.90 Å². The van der Waals surface area contributed by atoms with Crippen molar-refractivity contribution in [2.75, 3.05) is 0 Å². The first-order valence-electron chi connectivity index (χ1n) is 6.34. The molecule has 0 aliphatic heterocycles. The number of carbonyl (C=O) groups excluding carboxylic acids is 1. The summed E-state index contributed by atoms with van der Waals surface area (Å²) in [5.41, 5.74) is 1.65. The highest BCUT2D eigenvalue weighted by Gasteiger charge is 2.10. The van der Waals surface area contributed by atoms with Crippen LogP contribution < -0.4 is 0 Å². The third-order valence-electron chi connectivity index (χ3n) is 2.91. The fraction of sp³-hybridized carbons (Fsp3) is 0.118. The monoisotopic (exact) mass is 286 g/mol. The van der Waals surface area contributed by atoms with Crippen molar-refractivity contribution in [1.82, 2.24) is 0 Å². The molecule has 0 saturated heterocycles. The van der Waals surface area contributed by atoms with E-state index >= 15 is 0 Å². The third kappa shape index (κ3) is 4.34. The van der Waals surface area contributed by atoms with Crippen LogP contribution in [0.15, 0.2) is 60.7 Å². The maximum absolute atomic E-state index is 11.8. The molecule has 102 valence electrons. The number of carbonyl (C=O) groups is 1. The van der Waals surface area contributed by atoms with Crippen LogP contribution >= 0.6 is 11.6 Å². The molecule has 3 heteroatoms. The van der Waals surface area contributed by atoms with Crippen molar-refractivity contribution < 1.29 is 9.90 Å². The SMILES string of the molecule is O=C(/C=C/c1ccccc1)C[C@@H](O)c1ccc(Cl)cc1. The van der Waals surface area contributed by atoms with Crippen LogP contribution in [-0.2, 0) is 4.79 Å². The van der Waals surface area contributed by atoms with Gasteiger partial charge in [0.1, 0.15) is 0 Å². The van der Waals surface area contributed by atoms with Gasteiger partial charge in [-0.05, 0) is 29.3 Å². The van der Waals surface area contributed by atoms with Crippen molar-refractivity contribution in [2.24, 2.45) is 0 Å². The van der Waals surface area contributed by atoms with E-state index in [4.69, 9.17) is 11.6 Å². The van der Waals surface area contributed by atoms with Crippen LogP contribution in [-0.4, -0.2) is 10.9 Å². The molecule has 0 amide bonds. The van der Waals surface area contributed by atoms with E-state index in [1.807, 2.05) is 30.3 Å². The van der Waals surface area contributed by atoms with E-state index in [-0.39, 0.29) is 12.2 Å². The van der Waals surface area contributed by atoms with Gasteiger partial charge in [0, 0.05) is 11.4 Å². The summed E-state index contributed by atoms with van der Waals surface area (Å²) in [7, 11) is 0. The molecule has 0 unspecified atom stereocenters. The molecule has 0 fully saturated rings. The van der Waals surface area contributed by atoms with Gasteiger partial charge in [0.25, 0.3) is 0 Å². The molecule has 2 aromatic carbocycles. The van der Waals surface area contributed by atoms with Crippen molar-refractivity contribution in [1.29, 1.82) is 0 Å². The van der Waals surface area contributed by atoms with E-state index in [1.54, 1.807) is 30.3 Å². The van der Waals surface area contributed by atoms with Crippen LogP contribution in [0.4, 0.5) is 0 Å². The maximum Gasteiger partial charge on any atom is 0.158 e. The van der Waals surface area contributed by atoms with Crippen LogP contribution in [0.5, 0.6) is 0 Å². The Balaban J connectivity index is 1.94. The lowest BCUT2D eigenvalue weighted by Gasteiger charge is -2.08. The minimum Gasteiger partial charge on any atom is -0.388 e. The third-order valence-corrected chi connectivity index (χ3v) is 3.16. The Hall–Kier alpha value is -1.90. The van der Waals surface area contributed by atoms with Crippen LogP contribution in [0.25, 0.3) is 6.08 Å². The Morgan fingerprint density at radius 2 is 1.75 bits per heavy atom. The molecule has 2 aromatic rings. The van der Waals surface area contributed by atoms with Gasteiger partial charge in [-0.15, -0.1) is 0 Å². The molecule has 0 aliphatic carbocycles. The molecule has 0 radical (unpaired) electrons. The lowest BCUT2D eigenvalue weighted by atomic mass is 10.0. The van der Waals surface area contributed by atoms with Gasteiger partial charge >= 0.3 is 0 Å². The second-order valence-electron chi connectivity index (χ2n) is 4.48. The minimum absolute atomic E-state index is 0.0605. The predicted octanol–water partition coefficient (Wildman–Crippen LogP) is 4.05. The van der Waals surface area contributed by atoms with Gasteiger partial charge in [0.15, 0.2) is 5.78 Å². The number of halogens is 1. The molecule has 0 aromatic heterocycles. The Labute approximate surface area is 123 Å². The summed E-state index contributed by atoms with van der Waals surface area (Å²) in [6, 6.07) is 16.4. The smallest absolute Gasteiger partial charge is 0.158 e. The minimum atomic E-state index is -0.805. The summed E-state index contributed by atoms with van der Waals surface area (Å²) in [4.78, 5) is 11.8. The number of aliphatic hydroxyl groups is 1. The second kappa shape index (κ2) is 7.04.